The predicted octanol–water partition coefficient (Wildman–Crippen LogP) is 3.65. The van der Waals surface area contributed by atoms with Crippen LogP contribution < -0.4 is 10.3 Å². The fraction of sp³-hybridized carbons (Fsp3) is 0.500. The second kappa shape index (κ2) is 6.20. The largest absolute Gasteiger partial charge is 0.438 e. The molecular weight excluding hydrogens is 316 g/mol. The third-order valence-electron chi connectivity index (χ3n) is 5.11. The van der Waals surface area contributed by atoms with E-state index in [0.717, 1.165) is 31.5 Å². The van der Waals surface area contributed by atoms with Crippen molar-refractivity contribution in [1.29, 1.82) is 5.26 Å². The van der Waals surface area contributed by atoms with Crippen molar-refractivity contribution in [3.8, 4) is 6.07 Å². The molecule has 0 amide bonds. The first-order chi connectivity index (χ1) is 11.7. The molecule has 5 heteroatoms. The first-order valence-electron chi connectivity index (χ1n) is 8.68. The van der Waals surface area contributed by atoms with Gasteiger partial charge >= 0.3 is 0 Å². The predicted molar refractivity (Wildman–Crippen MR) is 97.8 cm³/mol. The van der Waals surface area contributed by atoms with E-state index in [1.54, 1.807) is 13.0 Å². The number of fused-ring (bicyclic) bond motifs is 1. The second-order valence-electron chi connectivity index (χ2n) is 7.78. The quantitative estimate of drug-likeness (QED) is 0.903. The van der Waals surface area contributed by atoms with Gasteiger partial charge in [-0.25, -0.2) is 0 Å². The zero-order valence-electron chi connectivity index (χ0n) is 15.2. The molecule has 0 bridgehead atoms. The van der Waals surface area contributed by atoms with Crippen LogP contribution in [0.2, 0.25) is 0 Å². The smallest absolute Gasteiger partial charge is 0.218 e. The first-order valence-corrected chi connectivity index (χ1v) is 8.68. The van der Waals surface area contributed by atoms with E-state index in [4.69, 9.17) is 4.42 Å². The Kier molecular flexibility index (Phi) is 4.34. The lowest BCUT2D eigenvalue weighted by Crippen LogP contribution is -2.38. The van der Waals surface area contributed by atoms with Gasteiger partial charge in [0, 0.05) is 18.7 Å². The molecule has 0 saturated carbocycles. The van der Waals surface area contributed by atoms with E-state index < -0.39 is 6.10 Å². The molecule has 1 atom stereocenters. The minimum absolute atomic E-state index is 0.0503. The molecule has 1 N–H and O–H groups in total. The summed E-state index contributed by atoms with van der Waals surface area (Å²) in [7, 11) is 0. The molecule has 1 unspecified atom stereocenters. The number of hydrogen-bond donors (Lipinski definition) is 1. The summed E-state index contributed by atoms with van der Waals surface area (Å²) in [6.45, 7) is 9.44. The summed E-state index contributed by atoms with van der Waals surface area (Å²) in [6.07, 6.45) is 1.18. The monoisotopic (exact) mass is 340 g/mol. The van der Waals surface area contributed by atoms with Gasteiger partial charge in [-0.2, -0.15) is 5.26 Å². The second-order valence-corrected chi connectivity index (χ2v) is 7.78. The summed E-state index contributed by atoms with van der Waals surface area (Å²) in [5, 5.41) is 20.0. The van der Waals surface area contributed by atoms with E-state index in [9.17, 15) is 15.2 Å². The third kappa shape index (κ3) is 3.14. The van der Waals surface area contributed by atoms with Crippen molar-refractivity contribution in [2.24, 2.45) is 5.41 Å². The van der Waals surface area contributed by atoms with Gasteiger partial charge in [0.1, 0.15) is 11.7 Å². The summed E-state index contributed by atoms with van der Waals surface area (Å²) < 4.78 is 6.06. The molecule has 1 fully saturated rings. The lowest BCUT2D eigenvalue weighted by Gasteiger charge is -2.37. The van der Waals surface area contributed by atoms with Gasteiger partial charge in [0.25, 0.3) is 0 Å². The van der Waals surface area contributed by atoms with E-state index in [0.29, 0.717) is 22.4 Å². The number of anilines is 1. The molecule has 1 aromatic heterocycles. The van der Waals surface area contributed by atoms with E-state index >= 15 is 0 Å². The van der Waals surface area contributed by atoms with Crippen LogP contribution in [0.4, 0.5) is 5.88 Å². The van der Waals surface area contributed by atoms with Crippen molar-refractivity contribution < 1.29 is 9.52 Å². The van der Waals surface area contributed by atoms with Gasteiger partial charge in [0.2, 0.25) is 11.3 Å². The fourth-order valence-electron chi connectivity index (χ4n) is 3.41. The SMILES string of the molecule is Cc1cc(C(C)O)c2oc(N3CCC(C)(C)CC3)c(C#N)c(=O)c2c1. The number of aliphatic hydroxyl groups excluding tert-OH is 1. The molecule has 0 aliphatic carbocycles. The maximum Gasteiger partial charge on any atom is 0.218 e. The van der Waals surface area contributed by atoms with Gasteiger partial charge in [-0.05, 0) is 49.8 Å². The molecular formula is C20H24N2O3. The molecule has 2 aromatic rings. The standard InChI is InChI=1S/C20H24N2O3/c1-12-9-14(13(2)23)18-15(10-12)17(24)16(11-21)19(25-18)22-7-5-20(3,4)6-8-22/h9-10,13,23H,5-8H2,1-4H3. The number of nitrogens with zero attached hydrogens (tertiary/aromatic N) is 2. The van der Waals surface area contributed by atoms with E-state index in [-0.39, 0.29) is 16.4 Å². The highest BCUT2D eigenvalue weighted by Gasteiger charge is 2.29. The van der Waals surface area contributed by atoms with Crippen molar-refractivity contribution in [2.75, 3.05) is 18.0 Å². The van der Waals surface area contributed by atoms with Gasteiger partial charge < -0.3 is 14.4 Å². The molecule has 25 heavy (non-hydrogen) atoms. The number of nitriles is 1. The Morgan fingerprint density at radius 1 is 1.32 bits per heavy atom. The summed E-state index contributed by atoms with van der Waals surface area (Å²) >= 11 is 0. The molecule has 0 spiro atoms. The molecule has 0 radical (unpaired) electrons. The zero-order valence-corrected chi connectivity index (χ0v) is 15.2. The molecule has 132 valence electrons. The van der Waals surface area contributed by atoms with Gasteiger partial charge in [-0.3, -0.25) is 4.79 Å². The summed E-state index contributed by atoms with van der Waals surface area (Å²) in [5.74, 6) is 0.334. The van der Waals surface area contributed by atoms with Crippen LogP contribution in [-0.2, 0) is 0 Å². The molecule has 3 rings (SSSR count). The number of benzene rings is 1. The van der Waals surface area contributed by atoms with Gasteiger partial charge in [-0.15, -0.1) is 0 Å². The number of aryl methyl sites for hydroxylation is 1. The molecule has 1 saturated heterocycles. The number of piperidine rings is 1. The van der Waals surface area contributed by atoms with Crippen LogP contribution in [0.5, 0.6) is 0 Å². The van der Waals surface area contributed by atoms with Crippen LogP contribution in [0.25, 0.3) is 11.0 Å². The van der Waals surface area contributed by atoms with Crippen LogP contribution in [0.1, 0.15) is 56.4 Å². The van der Waals surface area contributed by atoms with E-state index in [2.05, 4.69) is 13.8 Å². The van der Waals surface area contributed by atoms with Crippen LogP contribution in [0.3, 0.4) is 0 Å². The highest BCUT2D eigenvalue weighted by atomic mass is 16.4. The van der Waals surface area contributed by atoms with E-state index in [1.807, 2.05) is 24.0 Å². The highest BCUT2D eigenvalue weighted by Crippen LogP contribution is 2.35. The summed E-state index contributed by atoms with van der Waals surface area (Å²) in [5.41, 5.74) is 1.79. The Hall–Kier alpha value is -2.32. The number of aliphatic hydroxyl groups is 1. The van der Waals surface area contributed by atoms with Crippen molar-refractivity contribution in [2.45, 2.75) is 46.6 Å². The normalized spacial score (nSPS) is 18.2. The van der Waals surface area contributed by atoms with Crippen LogP contribution >= 0.6 is 0 Å². The maximum absolute atomic E-state index is 12.9. The highest BCUT2D eigenvalue weighted by molar-refractivity contribution is 5.84. The molecule has 5 nitrogen and oxygen atoms in total. The first kappa shape index (κ1) is 17.5. The Morgan fingerprint density at radius 2 is 1.96 bits per heavy atom. The minimum Gasteiger partial charge on any atom is -0.438 e. The van der Waals surface area contributed by atoms with Crippen molar-refractivity contribution in [1.82, 2.24) is 0 Å². The van der Waals surface area contributed by atoms with Crippen molar-refractivity contribution in [3.05, 3.63) is 39.0 Å². The zero-order chi connectivity index (χ0) is 18.4. The Labute approximate surface area is 147 Å². The maximum atomic E-state index is 12.9. The summed E-state index contributed by atoms with van der Waals surface area (Å²) in [6, 6.07) is 5.58. The van der Waals surface area contributed by atoms with Gasteiger partial charge in [0.05, 0.1) is 11.5 Å². The van der Waals surface area contributed by atoms with Crippen LogP contribution in [-0.4, -0.2) is 18.2 Å². The lowest BCUT2D eigenvalue weighted by atomic mass is 9.82. The average molecular weight is 340 g/mol. The van der Waals surface area contributed by atoms with Crippen molar-refractivity contribution >= 4 is 16.9 Å². The molecule has 1 aromatic carbocycles. The van der Waals surface area contributed by atoms with Crippen LogP contribution in [0, 0.1) is 23.7 Å². The Balaban J connectivity index is 2.23. The number of hydrogen-bond acceptors (Lipinski definition) is 5. The lowest BCUT2D eigenvalue weighted by molar-refractivity contribution is 0.199. The van der Waals surface area contributed by atoms with Crippen molar-refractivity contribution in [3.63, 3.8) is 0 Å². The Morgan fingerprint density at radius 3 is 2.52 bits per heavy atom. The van der Waals surface area contributed by atoms with Gasteiger partial charge in [-0.1, -0.05) is 13.8 Å². The number of rotatable bonds is 2. The average Bonchev–Trinajstić information content (AvgIpc) is 2.54. The molecule has 1 aliphatic rings. The molecule has 2 heterocycles. The topological polar surface area (TPSA) is 77.5 Å². The Bertz CT molecular complexity index is 909. The van der Waals surface area contributed by atoms with Gasteiger partial charge in [0.15, 0.2) is 5.56 Å². The molecule has 1 aliphatic heterocycles. The summed E-state index contributed by atoms with van der Waals surface area (Å²) in [4.78, 5) is 14.9. The minimum atomic E-state index is -0.758. The van der Waals surface area contributed by atoms with Crippen LogP contribution in [0.15, 0.2) is 21.3 Å². The third-order valence-corrected chi connectivity index (χ3v) is 5.11. The van der Waals surface area contributed by atoms with E-state index in [1.165, 1.54) is 0 Å². The fourth-order valence-corrected chi connectivity index (χ4v) is 3.41.